The van der Waals surface area contributed by atoms with Gasteiger partial charge in [-0.3, -0.25) is 9.59 Å². The van der Waals surface area contributed by atoms with Crippen LogP contribution in [0.2, 0.25) is 0 Å². The summed E-state index contributed by atoms with van der Waals surface area (Å²) in [4.78, 5) is 28.5. The number of carbonyl (C=O) groups is 2. The molecule has 1 aromatic rings. The lowest BCUT2D eigenvalue weighted by Crippen LogP contribution is -2.57. The smallest absolute Gasteiger partial charge is 0.304 e. The Balaban J connectivity index is 2.11. The summed E-state index contributed by atoms with van der Waals surface area (Å²) in [7, 11) is 0. The third-order valence-corrected chi connectivity index (χ3v) is 7.56. The lowest BCUT2D eigenvalue weighted by molar-refractivity contribution is -0.150. The molecule has 3 rings (SSSR count). The zero-order valence-corrected chi connectivity index (χ0v) is 16.1. The van der Waals surface area contributed by atoms with Gasteiger partial charge in [0.1, 0.15) is 0 Å². The van der Waals surface area contributed by atoms with Crippen molar-refractivity contribution in [3.05, 3.63) is 10.6 Å². The van der Waals surface area contributed by atoms with Gasteiger partial charge in [-0.25, -0.2) is 4.98 Å². The number of anilines is 1. The van der Waals surface area contributed by atoms with E-state index in [9.17, 15) is 24.9 Å². The van der Waals surface area contributed by atoms with E-state index in [0.29, 0.717) is 24.4 Å². The maximum absolute atomic E-state index is 11.6. The van der Waals surface area contributed by atoms with Gasteiger partial charge in [0.05, 0.1) is 24.8 Å². The number of carbonyl (C=O) groups excluding carboxylic acids is 1. The van der Waals surface area contributed by atoms with Crippen LogP contribution in [0.3, 0.4) is 0 Å². The number of aliphatic hydroxyl groups excluding tert-OH is 2. The Kier molecular flexibility index (Phi) is 4.87. The monoisotopic (exact) mass is 382 g/mol. The lowest BCUT2D eigenvalue weighted by atomic mass is 9.47. The van der Waals surface area contributed by atoms with E-state index in [0.717, 1.165) is 10.6 Å². The van der Waals surface area contributed by atoms with E-state index < -0.39 is 17.5 Å². The van der Waals surface area contributed by atoms with Crippen LogP contribution in [-0.2, 0) is 16.0 Å². The average Bonchev–Trinajstić information content (AvgIpc) is 2.94. The fraction of sp³-hybridized carbons (Fsp3) is 0.722. The molecule has 0 saturated heterocycles. The van der Waals surface area contributed by atoms with Crippen LogP contribution >= 0.6 is 11.3 Å². The van der Waals surface area contributed by atoms with Crippen LogP contribution in [-0.4, -0.2) is 44.9 Å². The molecule has 144 valence electrons. The predicted molar refractivity (Wildman–Crippen MR) is 97.1 cm³/mol. The highest BCUT2D eigenvalue weighted by atomic mass is 32.1. The molecule has 1 saturated carbocycles. The molecule has 2 aliphatic rings. The third-order valence-electron chi connectivity index (χ3n) is 6.56. The molecule has 1 amide bonds. The number of amides is 1. The molecular weight excluding hydrogens is 356 g/mol. The maximum atomic E-state index is 11.6. The van der Waals surface area contributed by atoms with E-state index in [1.807, 2.05) is 6.92 Å². The van der Waals surface area contributed by atoms with E-state index in [1.165, 1.54) is 18.3 Å². The van der Waals surface area contributed by atoms with E-state index in [1.54, 1.807) is 0 Å². The van der Waals surface area contributed by atoms with Crippen LogP contribution in [0.5, 0.6) is 0 Å². The summed E-state index contributed by atoms with van der Waals surface area (Å²) in [6, 6.07) is 0. The molecule has 7 nitrogen and oxygen atoms in total. The van der Waals surface area contributed by atoms with E-state index in [2.05, 4.69) is 17.2 Å². The van der Waals surface area contributed by atoms with Crippen molar-refractivity contribution in [1.82, 2.24) is 4.98 Å². The highest BCUT2D eigenvalue weighted by molar-refractivity contribution is 7.15. The molecule has 1 aromatic heterocycles. The number of aliphatic hydroxyl groups is 2. The minimum Gasteiger partial charge on any atom is -0.481 e. The van der Waals surface area contributed by atoms with Gasteiger partial charge in [0.2, 0.25) is 5.91 Å². The second-order valence-corrected chi connectivity index (χ2v) is 9.22. The summed E-state index contributed by atoms with van der Waals surface area (Å²) in [5.74, 6) is -1.49. The van der Waals surface area contributed by atoms with Gasteiger partial charge < -0.3 is 20.6 Å². The lowest BCUT2D eigenvalue weighted by Gasteiger charge is -2.58. The minimum atomic E-state index is -0.895. The topological polar surface area (TPSA) is 120 Å². The minimum absolute atomic E-state index is 0.0547. The molecule has 26 heavy (non-hydrogen) atoms. The van der Waals surface area contributed by atoms with Gasteiger partial charge in [0, 0.05) is 23.1 Å². The van der Waals surface area contributed by atoms with Gasteiger partial charge in [-0.2, -0.15) is 0 Å². The predicted octanol–water partition coefficient (Wildman–Crippen LogP) is 1.99. The SMILES string of the molecule is CC(=O)Nc1nc2c(s1)C[C@H]1[C@](C)(CO)[C@H](O)CC[C@@]1(C)[C@@H]2CC(=O)O. The molecule has 0 unspecified atom stereocenters. The van der Waals surface area contributed by atoms with Crippen LogP contribution in [0.25, 0.3) is 0 Å². The van der Waals surface area contributed by atoms with Crippen molar-refractivity contribution in [2.75, 3.05) is 11.9 Å². The third kappa shape index (κ3) is 2.93. The van der Waals surface area contributed by atoms with Crippen molar-refractivity contribution in [3.8, 4) is 0 Å². The zero-order valence-electron chi connectivity index (χ0n) is 15.3. The Morgan fingerprint density at radius 3 is 2.65 bits per heavy atom. The summed E-state index contributed by atoms with van der Waals surface area (Å²) >= 11 is 1.36. The summed E-state index contributed by atoms with van der Waals surface area (Å²) in [5.41, 5.74) is -0.333. The van der Waals surface area contributed by atoms with Gasteiger partial charge in [-0.1, -0.05) is 13.8 Å². The fourth-order valence-electron chi connectivity index (χ4n) is 5.02. The average molecular weight is 382 g/mol. The van der Waals surface area contributed by atoms with E-state index >= 15 is 0 Å². The van der Waals surface area contributed by atoms with Crippen LogP contribution in [0.1, 0.15) is 56.5 Å². The van der Waals surface area contributed by atoms with Crippen LogP contribution in [0.15, 0.2) is 0 Å². The highest BCUT2D eigenvalue weighted by Gasteiger charge is 2.59. The molecule has 0 bridgehead atoms. The molecule has 1 heterocycles. The Bertz CT molecular complexity index is 735. The fourth-order valence-corrected chi connectivity index (χ4v) is 6.14. The first-order valence-electron chi connectivity index (χ1n) is 8.89. The van der Waals surface area contributed by atoms with Crippen molar-refractivity contribution in [2.24, 2.45) is 16.7 Å². The van der Waals surface area contributed by atoms with Gasteiger partial charge >= 0.3 is 5.97 Å². The molecule has 0 aromatic carbocycles. The maximum Gasteiger partial charge on any atom is 0.304 e. The van der Waals surface area contributed by atoms with Crippen molar-refractivity contribution < 1.29 is 24.9 Å². The second kappa shape index (κ2) is 6.58. The number of fused-ring (bicyclic) bond motifs is 2. The Labute approximate surface area is 156 Å². The number of rotatable bonds is 4. The summed E-state index contributed by atoms with van der Waals surface area (Å²) in [6.07, 6.45) is 1.14. The molecule has 4 N–H and O–H groups in total. The number of nitrogens with one attached hydrogen (secondary N) is 1. The number of aromatic nitrogens is 1. The molecule has 8 heteroatoms. The highest BCUT2D eigenvalue weighted by Crippen LogP contribution is 2.62. The first-order valence-corrected chi connectivity index (χ1v) is 9.71. The molecular formula is C18H26N2O5S. The van der Waals surface area contributed by atoms with Crippen LogP contribution < -0.4 is 5.32 Å². The molecule has 5 atom stereocenters. The van der Waals surface area contributed by atoms with E-state index in [4.69, 9.17) is 0 Å². The van der Waals surface area contributed by atoms with Crippen LogP contribution in [0, 0.1) is 16.7 Å². The largest absolute Gasteiger partial charge is 0.481 e. The van der Waals surface area contributed by atoms with Crippen molar-refractivity contribution in [3.63, 3.8) is 0 Å². The first kappa shape index (κ1) is 19.3. The number of carboxylic acid groups (broad SMARTS) is 1. The molecule has 0 aliphatic heterocycles. The normalized spacial score (nSPS) is 36.1. The number of aliphatic carboxylic acids is 1. The quantitative estimate of drug-likeness (QED) is 0.632. The summed E-state index contributed by atoms with van der Waals surface area (Å²) in [5, 5.41) is 33.3. The molecule has 2 aliphatic carbocycles. The second-order valence-electron chi connectivity index (χ2n) is 8.14. The molecule has 1 fully saturated rings. The molecule has 0 spiro atoms. The zero-order chi connectivity index (χ0) is 19.3. The number of thiazole rings is 1. The van der Waals surface area contributed by atoms with Crippen molar-refractivity contribution in [1.29, 1.82) is 0 Å². The van der Waals surface area contributed by atoms with Gasteiger partial charge in [-0.05, 0) is 30.6 Å². The number of hydrogen-bond acceptors (Lipinski definition) is 6. The Hall–Kier alpha value is -1.51. The standard InChI is InChI=1S/C18H26N2O5S/c1-9(22)19-16-20-15-10(6-14(24)25)17(2)5-4-13(23)18(3,8-21)12(17)7-11(15)26-16/h10,12-13,21,23H,4-8H2,1-3H3,(H,24,25)(H,19,20,22)/t10-,12-,13-,17+,18+/m1/s1. The van der Waals surface area contributed by atoms with Gasteiger partial charge in [0.25, 0.3) is 0 Å². The number of carboxylic acids is 1. The molecule has 0 radical (unpaired) electrons. The summed E-state index contributed by atoms with van der Waals surface area (Å²) < 4.78 is 0. The van der Waals surface area contributed by atoms with Crippen LogP contribution in [0.4, 0.5) is 5.13 Å². The Morgan fingerprint density at radius 1 is 1.38 bits per heavy atom. The van der Waals surface area contributed by atoms with Crippen molar-refractivity contribution >= 4 is 28.3 Å². The number of hydrogen-bond donors (Lipinski definition) is 4. The van der Waals surface area contributed by atoms with E-state index in [-0.39, 0.29) is 36.2 Å². The Morgan fingerprint density at radius 2 is 2.08 bits per heavy atom. The first-order chi connectivity index (χ1) is 12.1. The van der Waals surface area contributed by atoms with Crippen molar-refractivity contribution in [2.45, 2.75) is 58.5 Å². The number of nitrogens with zero attached hydrogens (tertiary/aromatic N) is 1. The van der Waals surface area contributed by atoms with Gasteiger partial charge in [0.15, 0.2) is 5.13 Å². The summed E-state index contributed by atoms with van der Waals surface area (Å²) in [6.45, 7) is 5.21. The van der Waals surface area contributed by atoms with Gasteiger partial charge in [-0.15, -0.1) is 11.3 Å².